The van der Waals surface area contributed by atoms with E-state index in [1.54, 1.807) is 20.8 Å². The van der Waals surface area contributed by atoms with Gasteiger partial charge in [-0.2, -0.15) is 0 Å². The first kappa shape index (κ1) is 15.9. The molecular formula is C13H19N3O4. The van der Waals surface area contributed by atoms with E-state index in [9.17, 15) is 9.59 Å². The van der Waals surface area contributed by atoms with Crippen molar-refractivity contribution in [3.63, 3.8) is 0 Å². The Morgan fingerprint density at radius 3 is 2.75 bits per heavy atom. The van der Waals surface area contributed by atoms with Gasteiger partial charge < -0.3 is 15.2 Å². The van der Waals surface area contributed by atoms with Crippen molar-refractivity contribution in [1.82, 2.24) is 9.97 Å². The van der Waals surface area contributed by atoms with E-state index in [4.69, 9.17) is 9.84 Å². The van der Waals surface area contributed by atoms with Crippen molar-refractivity contribution in [2.75, 3.05) is 18.5 Å². The highest BCUT2D eigenvalue weighted by molar-refractivity contribution is 5.90. The maximum atomic E-state index is 11.6. The van der Waals surface area contributed by atoms with Gasteiger partial charge in [0, 0.05) is 12.7 Å². The van der Waals surface area contributed by atoms with Crippen molar-refractivity contribution in [3.8, 4) is 0 Å². The molecule has 1 heterocycles. The number of nitrogens with one attached hydrogen (secondary N) is 1. The van der Waals surface area contributed by atoms with Crippen LogP contribution in [-0.2, 0) is 9.53 Å². The van der Waals surface area contributed by atoms with Gasteiger partial charge in [-0.05, 0) is 20.3 Å². The number of rotatable bonds is 7. The van der Waals surface area contributed by atoms with Gasteiger partial charge in [0.15, 0.2) is 0 Å². The highest BCUT2D eigenvalue weighted by atomic mass is 16.5. The van der Waals surface area contributed by atoms with E-state index in [0.29, 0.717) is 36.8 Å². The minimum atomic E-state index is -0.832. The Bertz CT molecular complexity index is 491. The molecule has 0 aliphatic rings. The molecule has 2 N–H and O–H groups in total. The van der Waals surface area contributed by atoms with Crippen molar-refractivity contribution in [2.24, 2.45) is 5.92 Å². The summed E-state index contributed by atoms with van der Waals surface area (Å²) in [6.07, 6.45) is 1.88. The maximum absolute atomic E-state index is 11.6. The molecule has 110 valence electrons. The minimum Gasteiger partial charge on any atom is -0.481 e. The van der Waals surface area contributed by atoms with Crippen LogP contribution in [0.2, 0.25) is 0 Å². The fraction of sp³-hybridized carbons (Fsp3) is 0.538. The van der Waals surface area contributed by atoms with Crippen molar-refractivity contribution in [2.45, 2.75) is 27.2 Å². The number of carboxylic acid groups (broad SMARTS) is 1. The number of nitrogens with zero attached hydrogens (tertiary/aromatic N) is 2. The molecule has 0 amide bonds. The molecule has 7 nitrogen and oxygen atoms in total. The van der Waals surface area contributed by atoms with Crippen LogP contribution >= 0.6 is 0 Å². The van der Waals surface area contributed by atoms with Crippen LogP contribution in [0.1, 0.15) is 36.3 Å². The fourth-order valence-corrected chi connectivity index (χ4v) is 1.49. The van der Waals surface area contributed by atoms with E-state index in [1.807, 2.05) is 0 Å². The number of anilines is 1. The Kier molecular flexibility index (Phi) is 5.89. The number of ether oxygens (including phenoxy) is 1. The van der Waals surface area contributed by atoms with Gasteiger partial charge in [0.1, 0.15) is 0 Å². The van der Waals surface area contributed by atoms with Gasteiger partial charge in [-0.3, -0.25) is 4.79 Å². The number of aromatic nitrogens is 2. The van der Waals surface area contributed by atoms with Crippen LogP contribution in [0.15, 0.2) is 6.20 Å². The highest BCUT2D eigenvalue weighted by Gasteiger charge is 2.13. The molecule has 1 aromatic heterocycles. The lowest BCUT2D eigenvalue weighted by atomic mass is 10.1. The van der Waals surface area contributed by atoms with Crippen LogP contribution in [0.25, 0.3) is 0 Å². The van der Waals surface area contributed by atoms with Gasteiger partial charge in [-0.1, -0.05) is 6.92 Å². The first-order chi connectivity index (χ1) is 9.45. The van der Waals surface area contributed by atoms with Gasteiger partial charge in [0.05, 0.1) is 23.8 Å². The summed E-state index contributed by atoms with van der Waals surface area (Å²) in [5.41, 5.74) is 0.850. The van der Waals surface area contributed by atoms with Crippen LogP contribution in [0.4, 0.5) is 5.95 Å². The average molecular weight is 281 g/mol. The van der Waals surface area contributed by atoms with Crippen LogP contribution in [0, 0.1) is 12.8 Å². The number of carbonyl (C=O) groups is 2. The summed E-state index contributed by atoms with van der Waals surface area (Å²) in [5.74, 6) is -1.34. The monoisotopic (exact) mass is 281 g/mol. The molecule has 0 saturated carbocycles. The first-order valence-corrected chi connectivity index (χ1v) is 6.43. The Hall–Kier alpha value is -2.18. The molecule has 0 radical (unpaired) electrons. The zero-order valence-corrected chi connectivity index (χ0v) is 11.8. The predicted octanol–water partition coefficient (Wildman–Crippen LogP) is 1.48. The van der Waals surface area contributed by atoms with Crippen LogP contribution in [0.3, 0.4) is 0 Å². The summed E-state index contributed by atoms with van der Waals surface area (Å²) < 4.78 is 4.88. The number of carboxylic acids is 1. The number of hydrogen-bond donors (Lipinski definition) is 2. The first-order valence-electron chi connectivity index (χ1n) is 6.43. The lowest BCUT2D eigenvalue weighted by Gasteiger charge is -2.09. The molecule has 1 aromatic rings. The lowest BCUT2D eigenvalue weighted by Crippen LogP contribution is -2.16. The second-order valence-corrected chi connectivity index (χ2v) is 4.37. The Morgan fingerprint density at radius 1 is 1.50 bits per heavy atom. The number of aryl methyl sites for hydroxylation is 1. The third kappa shape index (κ3) is 4.49. The SMILES string of the molecule is CCOC(=O)c1cnc(NCCC(C)C(=O)O)nc1C. The van der Waals surface area contributed by atoms with Crippen molar-refractivity contribution in [1.29, 1.82) is 0 Å². The third-order valence-electron chi connectivity index (χ3n) is 2.76. The van der Waals surface area contributed by atoms with Crippen molar-refractivity contribution < 1.29 is 19.4 Å². The van der Waals surface area contributed by atoms with Gasteiger partial charge in [0.2, 0.25) is 5.95 Å². The molecule has 7 heteroatoms. The van der Waals surface area contributed by atoms with Crippen LogP contribution in [0.5, 0.6) is 0 Å². The molecule has 0 aliphatic carbocycles. The molecule has 0 aromatic carbocycles. The van der Waals surface area contributed by atoms with Crippen molar-refractivity contribution >= 4 is 17.9 Å². The second-order valence-electron chi connectivity index (χ2n) is 4.37. The second kappa shape index (κ2) is 7.42. The summed E-state index contributed by atoms with van der Waals surface area (Å²) in [6, 6.07) is 0. The maximum Gasteiger partial charge on any atom is 0.341 e. The molecule has 0 saturated heterocycles. The summed E-state index contributed by atoms with van der Waals surface area (Å²) in [4.78, 5) is 30.4. The smallest absolute Gasteiger partial charge is 0.341 e. The molecular weight excluding hydrogens is 262 g/mol. The summed E-state index contributed by atoms with van der Waals surface area (Å²) in [6.45, 7) is 5.81. The van der Waals surface area contributed by atoms with E-state index >= 15 is 0 Å². The Morgan fingerprint density at radius 2 is 2.20 bits per heavy atom. The third-order valence-corrected chi connectivity index (χ3v) is 2.76. The van der Waals surface area contributed by atoms with Gasteiger partial charge in [-0.15, -0.1) is 0 Å². The Labute approximate surface area is 117 Å². The molecule has 20 heavy (non-hydrogen) atoms. The van der Waals surface area contributed by atoms with Crippen LogP contribution in [-0.4, -0.2) is 40.2 Å². The summed E-state index contributed by atoms with van der Waals surface area (Å²) in [7, 11) is 0. The molecule has 0 aliphatic heterocycles. The number of aliphatic carboxylic acids is 1. The molecule has 0 fully saturated rings. The number of esters is 1. The Balaban J connectivity index is 2.59. The molecule has 1 atom stereocenters. The van der Waals surface area contributed by atoms with Crippen molar-refractivity contribution in [3.05, 3.63) is 17.5 Å². The summed E-state index contributed by atoms with van der Waals surface area (Å²) in [5, 5.41) is 11.7. The van der Waals surface area contributed by atoms with E-state index in [2.05, 4.69) is 15.3 Å². The normalized spacial score (nSPS) is 11.8. The molecule has 0 spiro atoms. The molecule has 0 bridgehead atoms. The molecule has 1 rings (SSSR count). The average Bonchev–Trinajstić information content (AvgIpc) is 2.38. The molecule has 1 unspecified atom stereocenters. The highest BCUT2D eigenvalue weighted by Crippen LogP contribution is 2.09. The quantitative estimate of drug-likeness (QED) is 0.730. The zero-order valence-electron chi connectivity index (χ0n) is 11.8. The zero-order chi connectivity index (χ0) is 15.1. The predicted molar refractivity (Wildman–Crippen MR) is 72.6 cm³/mol. The standard InChI is InChI=1S/C13H19N3O4/c1-4-20-12(19)10-7-15-13(16-9(10)3)14-6-5-8(2)11(17)18/h7-8H,4-6H2,1-3H3,(H,17,18)(H,14,15,16). The van der Waals surface area contributed by atoms with Gasteiger partial charge in [0.25, 0.3) is 0 Å². The fourth-order valence-electron chi connectivity index (χ4n) is 1.49. The minimum absolute atomic E-state index is 0.297. The lowest BCUT2D eigenvalue weighted by molar-refractivity contribution is -0.141. The van der Waals surface area contributed by atoms with E-state index in [1.165, 1.54) is 6.20 Å². The van der Waals surface area contributed by atoms with E-state index < -0.39 is 17.9 Å². The number of hydrogen-bond acceptors (Lipinski definition) is 6. The largest absolute Gasteiger partial charge is 0.481 e. The van der Waals surface area contributed by atoms with E-state index in [-0.39, 0.29) is 0 Å². The van der Waals surface area contributed by atoms with Gasteiger partial charge >= 0.3 is 11.9 Å². The van der Waals surface area contributed by atoms with Crippen LogP contribution < -0.4 is 5.32 Å². The summed E-state index contributed by atoms with van der Waals surface area (Å²) >= 11 is 0. The number of carbonyl (C=O) groups excluding carboxylic acids is 1. The topological polar surface area (TPSA) is 101 Å². The van der Waals surface area contributed by atoms with Gasteiger partial charge in [-0.25, -0.2) is 14.8 Å². The van der Waals surface area contributed by atoms with E-state index in [0.717, 1.165) is 0 Å².